The van der Waals surface area contributed by atoms with Crippen LogP contribution >= 0.6 is 0 Å². The molecule has 0 aliphatic heterocycles. The molecule has 0 aliphatic carbocycles. The van der Waals surface area contributed by atoms with Crippen LogP contribution in [-0.4, -0.2) is 18.3 Å². The second-order valence-corrected chi connectivity index (χ2v) is 4.74. The molecule has 2 nitrogen and oxygen atoms in total. The fourth-order valence-electron chi connectivity index (χ4n) is 2.36. The van der Waals surface area contributed by atoms with E-state index in [4.69, 9.17) is 9.84 Å². The topological polar surface area (TPSA) is 29.5 Å². The minimum atomic E-state index is 0.0712. The van der Waals surface area contributed by atoms with Crippen molar-refractivity contribution >= 4 is 0 Å². The van der Waals surface area contributed by atoms with Gasteiger partial charge in [-0.05, 0) is 30.4 Å². The van der Waals surface area contributed by atoms with Crippen molar-refractivity contribution in [2.75, 3.05) is 13.2 Å². The van der Waals surface area contributed by atoms with E-state index in [0.29, 0.717) is 12.5 Å². The summed E-state index contributed by atoms with van der Waals surface area (Å²) in [4.78, 5) is 0. The Hall–Kier alpha value is -1.02. The summed E-state index contributed by atoms with van der Waals surface area (Å²) >= 11 is 0. The van der Waals surface area contributed by atoms with Gasteiger partial charge in [-0.15, -0.1) is 0 Å². The van der Waals surface area contributed by atoms with E-state index >= 15 is 0 Å². The molecule has 1 aromatic rings. The molecule has 1 atom stereocenters. The van der Waals surface area contributed by atoms with Crippen LogP contribution in [0, 0.1) is 0 Å². The van der Waals surface area contributed by atoms with Gasteiger partial charge in [0.25, 0.3) is 0 Å². The molecule has 0 radical (unpaired) electrons. The molecule has 0 fully saturated rings. The van der Waals surface area contributed by atoms with E-state index in [-0.39, 0.29) is 6.61 Å². The first kappa shape index (κ1) is 15.0. The van der Waals surface area contributed by atoms with E-state index in [9.17, 15) is 0 Å². The van der Waals surface area contributed by atoms with E-state index in [1.807, 2.05) is 12.1 Å². The van der Waals surface area contributed by atoms with Crippen molar-refractivity contribution in [1.82, 2.24) is 0 Å². The second-order valence-electron chi connectivity index (χ2n) is 4.74. The number of hydrogen-bond donors (Lipinski definition) is 1. The molecule has 0 aliphatic rings. The molecule has 0 saturated heterocycles. The van der Waals surface area contributed by atoms with Crippen LogP contribution in [-0.2, 0) is 0 Å². The van der Waals surface area contributed by atoms with Crippen LogP contribution in [0.1, 0.15) is 57.4 Å². The zero-order valence-electron chi connectivity index (χ0n) is 11.7. The molecule has 0 saturated carbocycles. The van der Waals surface area contributed by atoms with Crippen molar-refractivity contribution in [2.45, 2.75) is 51.9 Å². The van der Waals surface area contributed by atoms with Crippen LogP contribution in [0.3, 0.4) is 0 Å². The van der Waals surface area contributed by atoms with E-state index < -0.39 is 0 Å². The Morgan fingerprint density at radius 3 is 2.56 bits per heavy atom. The first-order chi connectivity index (χ1) is 8.83. The highest BCUT2D eigenvalue weighted by Gasteiger charge is 2.14. The molecule has 0 heterocycles. The summed E-state index contributed by atoms with van der Waals surface area (Å²) in [6.45, 7) is 4.92. The Morgan fingerprint density at radius 1 is 1.11 bits per heavy atom. The maximum Gasteiger partial charge on any atom is 0.122 e. The monoisotopic (exact) mass is 250 g/mol. The molecule has 1 aromatic carbocycles. The number of para-hydroxylation sites is 1. The number of ether oxygens (including phenoxy) is 1. The van der Waals surface area contributed by atoms with Gasteiger partial charge in [0.05, 0.1) is 6.61 Å². The summed E-state index contributed by atoms with van der Waals surface area (Å²) in [5.41, 5.74) is 1.31. The fraction of sp³-hybridized carbons (Fsp3) is 0.625. The number of rotatable bonds is 9. The lowest BCUT2D eigenvalue weighted by molar-refractivity contribution is 0.199. The molecule has 0 amide bonds. The molecular weight excluding hydrogens is 224 g/mol. The third kappa shape index (κ3) is 4.69. The summed E-state index contributed by atoms with van der Waals surface area (Å²) in [6, 6.07) is 8.26. The molecule has 2 heteroatoms. The SMILES string of the molecule is CCCCC(CCC)c1ccccc1OCCO. The standard InChI is InChI=1S/C16H26O2/c1-3-5-9-14(8-4-2)15-10-6-7-11-16(15)18-13-12-17/h6-7,10-11,14,17H,3-5,8-9,12-13H2,1-2H3. The quantitative estimate of drug-likeness (QED) is 0.714. The Bertz CT molecular complexity index is 323. The Balaban J connectivity index is 2.80. The summed E-state index contributed by atoms with van der Waals surface area (Å²) in [5, 5.41) is 8.88. The lowest BCUT2D eigenvalue weighted by atomic mass is 9.89. The summed E-state index contributed by atoms with van der Waals surface area (Å²) < 4.78 is 5.64. The lowest BCUT2D eigenvalue weighted by Crippen LogP contribution is -2.07. The average Bonchev–Trinajstić information content (AvgIpc) is 2.41. The third-order valence-corrected chi connectivity index (χ3v) is 3.25. The summed E-state index contributed by atoms with van der Waals surface area (Å²) in [6.07, 6.45) is 6.13. The van der Waals surface area contributed by atoms with Gasteiger partial charge in [-0.1, -0.05) is 51.3 Å². The fourth-order valence-corrected chi connectivity index (χ4v) is 2.36. The minimum Gasteiger partial charge on any atom is -0.491 e. The van der Waals surface area contributed by atoms with E-state index in [1.165, 1.54) is 37.7 Å². The molecular formula is C16H26O2. The highest BCUT2D eigenvalue weighted by atomic mass is 16.5. The highest BCUT2D eigenvalue weighted by molar-refractivity contribution is 5.36. The number of hydrogen-bond acceptors (Lipinski definition) is 2. The zero-order valence-corrected chi connectivity index (χ0v) is 11.7. The Morgan fingerprint density at radius 2 is 1.89 bits per heavy atom. The molecule has 102 valence electrons. The first-order valence-corrected chi connectivity index (χ1v) is 7.16. The van der Waals surface area contributed by atoms with Crippen molar-refractivity contribution in [3.8, 4) is 5.75 Å². The van der Waals surface area contributed by atoms with Crippen LogP contribution in [0.2, 0.25) is 0 Å². The van der Waals surface area contributed by atoms with Crippen LogP contribution in [0.15, 0.2) is 24.3 Å². The average molecular weight is 250 g/mol. The van der Waals surface area contributed by atoms with Gasteiger partial charge in [-0.2, -0.15) is 0 Å². The smallest absolute Gasteiger partial charge is 0.122 e. The number of aliphatic hydroxyl groups excluding tert-OH is 1. The highest BCUT2D eigenvalue weighted by Crippen LogP contribution is 2.33. The maximum absolute atomic E-state index is 8.88. The van der Waals surface area contributed by atoms with Gasteiger partial charge in [0.15, 0.2) is 0 Å². The third-order valence-electron chi connectivity index (χ3n) is 3.25. The van der Waals surface area contributed by atoms with Crippen LogP contribution in [0.5, 0.6) is 5.75 Å². The predicted octanol–water partition coefficient (Wildman–Crippen LogP) is 4.13. The van der Waals surface area contributed by atoms with Gasteiger partial charge >= 0.3 is 0 Å². The van der Waals surface area contributed by atoms with E-state index in [2.05, 4.69) is 26.0 Å². The molecule has 0 spiro atoms. The van der Waals surface area contributed by atoms with Gasteiger partial charge in [0.2, 0.25) is 0 Å². The predicted molar refractivity (Wildman–Crippen MR) is 76.2 cm³/mol. The summed E-state index contributed by atoms with van der Waals surface area (Å²) in [5.74, 6) is 1.53. The molecule has 1 unspecified atom stereocenters. The lowest BCUT2D eigenvalue weighted by Gasteiger charge is -2.20. The van der Waals surface area contributed by atoms with Gasteiger partial charge < -0.3 is 9.84 Å². The van der Waals surface area contributed by atoms with E-state index in [0.717, 1.165) is 5.75 Å². The normalized spacial score (nSPS) is 12.4. The molecule has 18 heavy (non-hydrogen) atoms. The zero-order chi connectivity index (χ0) is 13.2. The first-order valence-electron chi connectivity index (χ1n) is 7.16. The second kappa shape index (κ2) is 8.98. The molecule has 0 bridgehead atoms. The molecule has 1 N–H and O–H groups in total. The largest absolute Gasteiger partial charge is 0.491 e. The van der Waals surface area contributed by atoms with Gasteiger partial charge in [0.1, 0.15) is 12.4 Å². The van der Waals surface area contributed by atoms with Crippen molar-refractivity contribution in [2.24, 2.45) is 0 Å². The summed E-state index contributed by atoms with van der Waals surface area (Å²) in [7, 11) is 0. The van der Waals surface area contributed by atoms with Gasteiger partial charge in [0, 0.05) is 0 Å². The van der Waals surface area contributed by atoms with Crippen molar-refractivity contribution in [1.29, 1.82) is 0 Å². The Labute approximate surface area is 111 Å². The van der Waals surface area contributed by atoms with Gasteiger partial charge in [-0.3, -0.25) is 0 Å². The number of benzene rings is 1. The van der Waals surface area contributed by atoms with Gasteiger partial charge in [-0.25, -0.2) is 0 Å². The maximum atomic E-state index is 8.88. The molecule has 0 aromatic heterocycles. The Kier molecular flexibility index (Phi) is 7.51. The number of unbranched alkanes of at least 4 members (excludes halogenated alkanes) is 1. The van der Waals surface area contributed by atoms with Crippen molar-refractivity contribution in [3.05, 3.63) is 29.8 Å². The molecule has 1 rings (SSSR count). The minimum absolute atomic E-state index is 0.0712. The van der Waals surface area contributed by atoms with Crippen molar-refractivity contribution in [3.63, 3.8) is 0 Å². The van der Waals surface area contributed by atoms with Crippen LogP contribution < -0.4 is 4.74 Å². The van der Waals surface area contributed by atoms with E-state index in [1.54, 1.807) is 0 Å². The van der Waals surface area contributed by atoms with Crippen LogP contribution in [0.4, 0.5) is 0 Å². The van der Waals surface area contributed by atoms with Crippen molar-refractivity contribution < 1.29 is 9.84 Å². The van der Waals surface area contributed by atoms with Crippen LogP contribution in [0.25, 0.3) is 0 Å². The number of aliphatic hydroxyl groups is 1.